The predicted molar refractivity (Wildman–Crippen MR) is 45.6 cm³/mol. The van der Waals surface area contributed by atoms with Crippen LogP contribution in [0.1, 0.15) is 20.8 Å². The zero-order valence-corrected chi connectivity index (χ0v) is 7.49. The zero-order valence-electron chi connectivity index (χ0n) is 7.49. The molecule has 0 N–H and O–H groups in total. The molecule has 0 atom stereocenters. The molecule has 1 aliphatic heterocycles. The standard InChI is InChI=1S/C7H16N4/c1-4-9-7-8-10(5-2)11(9)6-3/h7H,4-6H2,1-3H3. The number of hydrogen-bond donors (Lipinski definition) is 0. The first kappa shape index (κ1) is 8.33. The monoisotopic (exact) mass is 156 g/mol. The Morgan fingerprint density at radius 2 is 1.82 bits per heavy atom. The number of hydrogen-bond acceptors (Lipinski definition) is 4. The third-order valence-electron chi connectivity index (χ3n) is 1.77. The number of hydrazone groups is 1. The second kappa shape index (κ2) is 3.57. The lowest BCUT2D eigenvalue weighted by Crippen LogP contribution is -2.44. The van der Waals surface area contributed by atoms with Gasteiger partial charge in [0.2, 0.25) is 0 Å². The summed E-state index contributed by atoms with van der Waals surface area (Å²) < 4.78 is 0. The first-order valence-electron chi connectivity index (χ1n) is 4.19. The van der Waals surface area contributed by atoms with E-state index in [1.807, 2.05) is 11.5 Å². The molecular formula is C7H16N4. The third kappa shape index (κ3) is 1.45. The first-order valence-corrected chi connectivity index (χ1v) is 4.19. The Balaban J connectivity index is 2.54. The summed E-state index contributed by atoms with van der Waals surface area (Å²) in [4.78, 5) is 0. The van der Waals surface area contributed by atoms with Crippen molar-refractivity contribution in [2.45, 2.75) is 20.8 Å². The smallest absolute Gasteiger partial charge is 0.129 e. The van der Waals surface area contributed by atoms with E-state index in [1.165, 1.54) is 0 Å². The van der Waals surface area contributed by atoms with Crippen LogP contribution in [0.5, 0.6) is 0 Å². The highest BCUT2D eigenvalue weighted by Gasteiger charge is 2.19. The summed E-state index contributed by atoms with van der Waals surface area (Å²) >= 11 is 0. The maximum atomic E-state index is 4.22. The van der Waals surface area contributed by atoms with E-state index in [0.29, 0.717) is 0 Å². The highest BCUT2D eigenvalue weighted by atomic mass is 16.0. The van der Waals surface area contributed by atoms with E-state index in [9.17, 15) is 0 Å². The molecule has 0 aromatic carbocycles. The molecule has 0 saturated carbocycles. The Kier molecular flexibility index (Phi) is 2.70. The summed E-state index contributed by atoms with van der Waals surface area (Å²) in [5.41, 5.74) is 0. The van der Waals surface area contributed by atoms with Crippen LogP contribution in [0.25, 0.3) is 0 Å². The van der Waals surface area contributed by atoms with Crippen LogP contribution < -0.4 is 0 Å². The van der Waals surface area contributed by atoms with Crippen LogP contribution in [0.15, 0.2) is 5.10 Å². The lowest BCUT2D eigenvalue weighted by molar-refractivity contribution is -0.112. The van der Waals surface area contributed by atoms with Gasteiger partial charge in [-0.2, -0.15) is 0 Å². The van der Waals surface area contributed by atoms with Crippen molar-refractivity contribution in [3.05, 3.63) is 0 Å². The fourth-order valence-electron chi connectivity index (χ4n) is 1.21. The van der Waals surface area contributed by atoms with E-state index in [1.54, 1.807) is 0 Å². The molecule has 0 aromatic heterocycles. The van der Waals surface area contributed by atoms with Crippen LogP contribution in [0, 0.1) is 0 Å². The van der Waals surface area contributed by atoms with E-state index in [-0.39, 0.29) is 0 Å². The van der Waals surface area contributed by atoms with Crippen molar-refractivity contribution < 1.29 is 0 Å². The van der Waals surface area contributed by atoms with Crippen molar-refractivity contribution in [3.63, 3.8) is 0 Å². The van der Waals surface area contributed by atoms with Crippen LogP contribution in [-0.2, 0) is 0 Å². The molecule has 0 spiro atoms. The number of nitrogens with zero attached hydrogens (tertiary/aromatic N) is 4. The topological polar surface area (TPSA) is 22.1 Å². The molecule has 0 aliphatic carbocycles. The Bertz CT molecular complexity index is 131. The van der Waals surface area contributed by atoms with Gasteiger partial charge in [-0.05, 0) is 20.8 Å². The summed E-state index contributed by atoms with van der Waals surface area (Å²) in [7, 11) is 0. The van der Waals surface area contributed by atoms with Crippen molar-refractivity contribution in [2.75, 3.05) is 19.6 Å². The van der Waals surface area contributed by atoms with Crippen LogP contribution in [0.3, 0.4) is 0 Å². The molecule has 0 aromatic rings. The highest BCUT2D eigenvalue weighted by Crippen LogP contribution is 2.08. The average Bonchev–Trinajstić information content (AvgIpc) is 2.45. The van der Waals surface area contributed by atoms with Crippen LogP contribution in [-0.4, -0.2) is 41.2 Å². The molecule has 4 nitrogen and oxygen atoms in total. The van der Waals surface area contributed by atoms with Gasteiger partial charge in [0.25, 0.3) is 0 Å². The average molecular weight is 156 g/mol. The minimum absolute atomic E-state index is 0.931. The van der Waals surface area contributed by atoms with Crippen LogP contribution >= 0.6 is 0 Å². The van der Waals surface area contributed by atoms with Gasteiger partial charge < -0.3 is 0 Å². The second-order valence-corrected chi connectivity index (χ2v) is 2.36. The molecule has 11 heavy (non-hydrogen) atoms. The van der Waals surface area contributed by atoms with Gasteiger partial charge in [0.1, 0.15) is 6.34 Å². The Morgan fingerprint density at radius 3 is 2.27 bits per heavy atom. The van der Waals surface area contributed by atoms with Crippen LogP contribution in [0.2, 0.25) is 0 Å². The SMILES string of the molecule is CCN1C=NN(CC)N1CC. The molecule has 4 heteroatoms. The van der Waals surface area contributed by atoms with Gasteiger partial charge in [0, 0.05) is 13.1 Å². The van der Waals surface area contributed by atoms with Gasteiger partial charge in [0.15, 0.2) is 0 Å². The van der Waals surface area contributed by atoms with E-state index >= 15 is 0 Å². The molecule has 0 bridgehead atoms. The molecule has 1 aliphatic rings. The number of hydrazine groups is 2. The summed E-state index contributed by atoms with van der Waals surface area (Å²) in [6, 6.07) is 0. The molecule has 0 saturated heterocycles. The molecule has 0 unspecified atom stereocenters. The summed E-state index contributed by atoms with van der Waals surface area (Å²) in [5.74, 6) is 0. The first-order chi connectivity index (χ1) is 5.33. The molecule has 0 fully saturated rings. The molecule has 0 radical (unpaired) electrons. The molecular weight excluding hydrogens is 140 g/mol. The van der Waals surface area contributed by atoms with E-state index < -0.39 is 0 Å². The summed E-state index contributed by atoms with van der Waals surface area (Å²) in [5, 5.41) is 10.4. The highest BCUT2D eigenvalue weighted by molar-refractivity contribution is 5.54. The number of rotatable bonds is 3. The fourth-order valence-corrected chi connectivity index (χ4v) is 1.21. The maximum absolute atomic E-state index is 4.22. The van der Waals surface area contributed by atoms with Gasteiger partial charge in [-0.1, -0.05) is 0 Å². The van der Waals surface area contributed by atoms with Crippen molar-refractivity contribution in [1.29, 1.82) is 0 Å². The maximum Gasteiger partial charge on any atom is 0.129 e. The Labute approximate surface area is 68.0 Å². The van der Waals surface area contributed by atoms with E-state index in [2.05, 4.69) is 36.0 Å². The van der Waals surface area contributed by atoms with Crippen molar-refractivity contribution >= 4 is 6.34 Å². The van der Waals surface area contributed by atoms with Crippen molar-refractivity contribution in [2.24, 2.45) is 5.10 Å². The quantitative estimate of drug-likeness (QED) is 0.601. The van der Waals surface area contributed by atoms with Gasteiger partial charge in [-0.3, -0.25) is 5.01 Å². The van der Waals surface area contributed by atoms with Crippen molar-refractivity contribution in [3.8, 4) is 0 Å². The van der Waals surface area contributed by atoms with Crippen molar-refractivity contribution in [1.82, 2.24) is 15.2 Å². The van der Waals surface area contributed by atoms with Gasteiger partial charge in [-0.25, -0.2) is 5.12 Å². The minimum Gasteiger partial charge on any atom is -0.275 e. The predicted octanol–water partition coefficient (Wildman–Crippen LogP) is 0.739. The van der Waals surface area contributed by atoms with Crippen LogP contribution in [0.4, 0.5) is 0 Å². The molecule has 64 valence electrons. The van der Waals surface area contributed by atoms with Gasteiger partial charge in [0.05, 0.1) is 6.54 Å². The van der Waals surface area contributed by atoms with E-state index in [0.717, 1.165) is 19.6 Å². The Morgan fingerprint density at radius 1 is 1.09 bits per heavy atom. The zero-order chi connectivity index (χ0) is 8.27. The van der Waals surface area contributed by atoms with Gasteiger partial charge in [-0.15, -0.1) is 10.2 Å². The minimum atomic E-state index is 0.931. The van der Waals surface area contributed by atoms with Gasteiger partial charge >= 0.3 is 0 Å². The molecule has 1 heterocycles. The molecule has 1 rings (SSSR count). The second-order valence-electron chi connectivity index (χ2n) is 2.36. The lowest BCUT2D eigenvalue weighted by Gasteiger charge is -2.30. The normalized spacial score (nSPS) is 18.5. The lowest BCUT2D eigenvalue weighted by atomic mass is 10.7. The Hall–Kier alpha value is -0.770. The van der Waals surface area contributed by atoms with E-state index in [4.69, 9.17) is 0 Å². The third-order valence-corrected chi connectivity index (χ3v) is 1.77. The largest absolute Gasteiger partial charge is 0.275 e. The molecule has 0 amide bonds. The summed E-state index contributed by atoms with van der Waals surface area (Å²) in [6.07, 6.45) is 1.87. The fraction of sp³-hybridized carbons (Fsp3) is 0.857. The summed E-state index contributed by atoms with van der Waals surface area (Å²) in [6.45, 7) is 9.23.